The third-order valence-corrected chi connectivity index (χ3v) is 3.48. The molecule has 0 amide bonds. The number of anilines is 1. The van der Waals surface area contributed by atoms with Crippen molar-refractivity contribution in [1.29, 1.82) is 0 Å². The Hall–Kier alpha value is -1.26. The lowest BCUT2D eigenvalue weighted by atomic mass is 10.2. The summed E-state index contributed by atoms with van der Waals surface area (Å²) in [5.74, 6) is 1.01. The monoisotopic (exact) mass is 248 g/mol. The first kappa shape index (κ1) is 11.8. The van der Waals surface area contributed by atoms with E-state index < -0.39 is 0 Å². The summed E-state index contributed by atoms with van der Waals surface area (Å²) in [5.41, 5.74) is 1.21. The summed E-state index contributed by atoms with van der Waals surface area (Å²) in [6.07, 6.45) is 1.07. The van der Waals surface area contributed by atoms with Gasteiger partial charge in [0.2, 0.25) is 0 Å². The Morgan fingerprint density at radius 1 is 1.28 bits per heavy atom. The van der Waals surface area contributed by atoms with Crippen molar-refractivity contribution < 1.29 is 9.47 Å². The molecule has 1 atom stereocenters. The van der Waals surface area contributed by atoms with Crippen LogP contribution in [0.5, 0.6) is 5.75 Å². The third kappa shape index (κ3) is 2.60. The van der Waals surface area contributed by atoms with Gasteiger partial charge in [-0.3, -0.25) is 0 Å². The van der Waals surface area contributed by atoms with Crippen LogP contribution in [0.25, 0.3) is 0 Å². The zero-order chi connectivity index (χ0) is 12.2. The predicted molar refractivity (Wildman–Crippen MR) is 71.4 cm³/mol. The smallest absolute Gasteiger partial charge is 0.142 e. The molecule has 0 spiro atoms. The van der Waals surface area contributed by atoms with E-state index in [1.807, 2.05) is 6.07 Å². The van der Waals surface area contributed by atoms with E-state index in [2.05, 4.69) is 28.4 Å². The van der Waals surface area contributed by atoms with E-state index in [1.54, 1.807) is 0 Å². The van der Waals surface area contributed by atoms with E-state index in [9.17, 15) is 0 Å². The zero-order valence-corrected chi connectivity index (χ0v) is 10.6. The summed E-state index contributed by atoms with van der Waals surface area (Å²) < 4.78 is 11.3. The molecule has 2 aliphatic heterocycles. The number of hydrogen-bond donors (Lipinski definition) is 1. The number of fused-ring (bicyclic) bond motifs is 1. The first-order chi connectivity index (χ1) is 8.93. The Labute approximate surface area is 108 Å². The summed E-state index contributed by atoms with van der Waals surface area (Å²) in [4.78, 5) is 2.41. The number of rotatable bonds is 2. The van der Waals surface area contributed by atoms with Gasteiger partial charge >= 0.3 is 0 Å². The number of nitrogens with zero attached hydrogens (tertiary/aromatic N) is 1. The van der Waals surface area contributed by atoms with Crippen LogP contribution >= 0.6 is 0 Å². The largest absolute Gasteiger partial charge is 0.491 e. The van der Waals surface area contributed by atoms with Crippen LogP contribution in [0.4, 0.5) is 5.69 Å². The molecule has 98 valence electrons. The van der Waals surface area contributed by atoms with Gasteiger partial charge in [-0.05, 0) is 18.6 Å². The van der Waals surface area contributed by atoms with Gasteiger partial charge in [-0.25, -0.2) is 0 Å². The molecule has 4 heteroatoms. The van der Waals surface area contributed by atoms with Crippen molar-refractivity contribution in [1.82, 2.24) is 5.32 Å². The van der Waals surface area contributed by atoms with Gasteiger partial charge in [-0.2, -0.15) is 0 Å². The summed E-state index contributed by atoms with van der Waals surface area (Å²) in [6, 6.07) is 8.73. The van der Waals surface area contributed by atoms with Crippen molar-refractivity contribution in [2.24, 2.45) is 0 Å². The van der Waals surface area contributed by atoms with Crippen LogP contribution in [0.15, 0.2) is 24.3 Å². The molecule has 0 aromatic heterocycles. The number of nitrogens with one attached hydrogen (secondary N) is 1. The van der Waals surface area contributed by atoms with E-state index in [1.165, 1.54) is 5.69 Å². The summed E-state index contributed by atoms with van der Waals surface area (Å²) in [6.45, 7) is 5.43. The third-order valence-electron chi connectivity index (χ3n) is 3.48. The topological polar surface area (TPSA) is 33.7 Å². The van der Waals surface area contributed by atoms with Crippen LogP contribution in [0.2, 0.25) is 0 Å². The van der Waals surface area contributed by atoms with Crippen LogP contribution in [0, 0.1) is 0 Å². The number of hydrogen-bond acceptors (Lipinski definition) is 4. The van der Waals surface area contributed by atoms with Crippen LogP contribution in [0.1, 0.15) is 6.42 Å². The second-order valence-electron chi connectivity index (χ2n) is 4.84. The molecular weight excluding hydrogens is 228 g/mol. The molecule has 1 unspecified atom stereocenters. The number of ether oxygens (including phenoxy) is 2. The van der Waals surface area contributed by atoms with Crippen molar-refractivity contribution in [3.63, 3.8) is 0 Å². The summed E-state index contributed by atoms with van der Waals surface area (Å²) in [5, 5.41) is 3.51. The SMILES string of the molecule is c1ccc2c(c1)OCCCN2CC1COCCN1. The van der Waals surface area contributed by atoms with Gasteiger partial charge in [-0.1, -0.05) is 12.1 Å². The minimum Gasteiger partial charge on any atom is -0.491 e. The summed E-state index contributed by atoms with van der Waals surface area (Å²) >= 11 is 0. The maximum absolute atomic E-state index is 5.77. The quantitative estimate of drug-likeness (QED) is 0.854. The standard InChI is InChI=1S/C14H20N2O2/c1-2-5-14-13(4-1)16(7-3-8-18-14)10-12-11-17-9-6-15-12/h1-2,4-5,12,15H,3,6-11H2. The van der Waals surface area contributed by atoms with Gasteiger partial charge in [0.15, 0.2) is 0 Å². The second-order valence-corrected chi connectivity index (χ2v) is 4.84. The van der Waals surface area contributed by atoms with Crippen molar-refractivity contribution in [3.05, 3.63) is 24.3 Å². The highest BCUT2D eigenvalue weighted by Crippen LogP contribution is 2.30. The molecule has 1 aromatic carbocycles. The highest BCUT2D eigenvalue weighted by Gasteiger charge is 2.21. The predicted octanol–water partition coefficient (Wildman–Crippen LogP) is 1.26. The molecule has 0 bridgehead atoms. The number of benzene rings is 1. The van der Waals surface area contributed by atoms with Crippen LogP contribution in [0.3, 0.4) is 0 Å². The molecule has 1 saturated heterocycles. The van der Waals surface area contributed by atoms with Gasteiger partial charge in [0.05, 0.1) is 25.5 Å². The van der Waals surface area contributed by atoms with Crippen molar-refractivity contribution in [2.45, 2.75) is 12.5 Å². The van der Waals surface area contributed by atoms with E-state index >= 15 is 0 Å². The van der Waals surface area contributed by atoms with Gasteiger partial charge in [-0.15, -0.1) is 0 Å². The number of morpholine rings is 1. The molecule has 1 fully saturated rings. The second kappa shape index (κ2) is 5.59. The van der Waals surface area contributed by atoms with Crippen LogP contribution in [-0.2, 0) is 4.74 Å². The maximum Gasteiger partial charge on any atom is 0.142 e. The van der Waals surface area contributed by atoms with Crippen molar-refractivity contribution >= 4 is 5.69 Å². The van der Waals surface area contributed by atoms with E-state index in [0.717, 1.165) is 51.6 Å². The molecule has 2 aliphatic rings. The maximum atomic E-state index is 5.77. The molecule has 1 N–H and O–H groups in total. The fourth-order valence-corrected chi connectivity index (χ4v) is 2.59. The molecule has 0 saturated carbocycles. The van der Waals surface area contributed by atoms with Crippen molar-refractivity contribution in [3.8, 4) is 5.75 Å². The van der Waals surface area contributed by atoms with Gasteiger partial charge in [0.1, 0.15) is 5.75 Å². The minimum absolute atomic E-state index is 0.421. The first-order valence-corrected chi connectivity index (χ1v) is 6.71. The molecule has 1 aromatic rings. The lowest BCUT2D eigenvalue weighted by Gasteiger charge is -2.31. The highest BCUT2D eigenvalue weighted by atomic mass is 16.5. The molecule has 18 heavy (non-hydrogen) atoms. The van der Waals surface area contributed by atoms with Crippen LogP contribution in [-0.4, -0.2) is 45.5 Å². The molecular formula is C14H20N2O2. The summed E-state index contributed by atoms with van der Waals surface area (Å²) in [7, 11) is 0. The van der Waals surface area contributed by atoms with E-state index in [-0.39, 0.29) is 0 Å². The highest BCUT2D eigenvalue weighted by molar-refractivity contribution is 5.59. The Balaban J connectivity index is 1.74. The van der Waals surface area contributed by atoms with Crippen LogP contribution < -0.4 is 15.0 Å². The van der Waals surface area contributed by atoms with E-state index in [4.69, 9.17) is 9.47 Å². The molecule has 4 nitrogen and oxygen atoms in total. The Morgan fingerprint density at radius 2 is 2.22 bits per heavy atom. The Bertz CT molecular complexity index is 391. The fraction of sp³-hybridized carbons (Fsp3) is 0.571. The Morgan fingerprint density at radius 3 is 3.11 bits per heavy atom. The molecule has 2 heterocycles. The average molecular weight is 248 g/mol. The van der Waals surface area contributed by atoms with Crippen molar-refractivity contribution in [2.75, 3.05) is 44.4 Å². The lowest BCUT2D eigenvalue weighted by Crippen LogP contribution is -2.48. The van der Waals surface area contributed by atoms with E-state index in [0.29, 0.717) is 6.04 Å². The van der Waals surface area contributed by atoms with Gasteiger partial charge in [0.25, 0.3) is 0 Å². The zero-order valence-electron chi connectivity index (χ0n) is 10.6. The van der Waals surface area contributed by atoms with Gasteiger partial charge < -0.3 is 19.7 Å². The molecule has 0 aliphatic carbocycles. The number of para-hydroxylation sites is 2. The van der Waals surface area contributed by atoms with Gasteiger partial charge in [0, 0.05) is 25.7 Å². The average Bonchev–Trinajstić information content (AvgIpc) is 2.63. The first-order valence-electron chi connectivity index (χ1n) is 6.71. The molecule has 3 rings (SSSR count). The fourth-order valence-electron chi connectivity index (χ4n) is 2.59. The minimum atomic E-state index is 0.421. The lowest BCUT2D eigenvalue weighted by molar-refractivity contribution is 0.0788. The Kier molecular flexibility index (Phi) is 3.67. The molecule has 0 radical (unpaired) electrons. The normalized spacial score (nSPS) is 24.0.